The largest absolute Gasteiger partial charge is 0.452 e. The Labute approximate surface area is 168 Å². The summed E-state index contributed by atoms with van der Waals surface area (Å²) in [4.78, 5) is 36.8. The molecule has 29 heavy (non-hydrogen) atoms. The van der Waals surface area contributed by atoms with Gasteiger partial charge in [0, 0.05) is 19.0 Å². The van der Waals surface area contributed by atoms with Gasteiger partial charge in [0.05, 0.1) is 17.5 Å². The predicted molar refractivity (Wildman–Crippen MR) is 109 cm³/mol. The highest BCUT2D eigenvalue weighted by Gasteiger charge is 2.19. The van der Waals surface area contributed by atoms with Crippen LogP contribution in [0.3, 0.4) is 0 Å². The minimum atomic E-state index is -0.938. The molecule has 0 bridgehead atoms. The number of esters is 1. The van der Waals surface area contributed by atoms with Gasteiger partial charge in [0.2, 0.25) is 0 Å². The lowest BCUT2D eigenvalue weighted by Crippen LogP contribution is -2.36. The van der Waals surface area contributed by atoms with Gasteiger partial charge >= 0.3 is 5.97 Å². The zero-order chi connectivity index (χ0) is 21.0. The second kappa shape index (κ2) is 8.68. The zero-order valence-electron chi connectivity index (χ0n) is 16.6. The molecule has 150 valence electrons. The van der Waals surface area contributed by atoms with E-state index in [4.69, 9.17) is 4.74 Å². The standard InChI is InChI=1S/C22H23N3O4/c1-14-8-10-16(11-9-14)13-23-21(27)15(2)29-20(26)12-19-17-6-4-5-7-18(17)22(28)25(3)24-19/h4-11,15H,12-13H2,1-3H3,(H,23,27)/t15-/m1/s1. The van der Waals surface area contributed by atoms with Gasteiger partial charge < -0.3 is 10.1 Å². The van der Waals surface area contributed by atoms with E-state index in [1.165, 1.54) is 18.7 Å². The smallest absolute Gasteiger partial charge is 0.312 e. The second-order valence-electron chi connectivity index (χ2n) is 6.93. The van der Waals surface area contributed by atoms with Crippen LogP contribution in [0.4, 0.5) is 0 Å². The number of aromatic nitrogens is 2. The van der Waals surface area contributed by atoms with Crippen LogP contribution in [0.1, 0.15) is 23.7 Å². The van der Waals surface area contributed by atoms with Crippen LogP contribution in [0.2, 0.25) is 0 Å². The van der Waals surface area contributed by atoms with Crippen molar-refractivity contribution >= 4 is 22.6 Å². The molecule has 1 heterocycles. The molecule has 0 fully saturated rings. The van der Waals surface area contributed by atoms with Crippen molar-refractivity contribution in [2.24, 2.45) is 7.05 Å². The van der Waals surface area contributed by atoms with E-state index in [0.29, 0.717) is 23.0 Å². The first kappa shape index (κ1) is 20.3. The molecule has 3 aromatic rings. The van der Waals surface area contributed by atoms with E-state index in [2.05, 4.69) is 10.4 Å². The Bertz CT molecular complexity index is 1100. The van der Waals surface area contributed by atoms with Gasteiger partial charge in [-0.05, 0) is 25.5 Å². The Morgan fingerprint density at radius 2 is 1.76 bits per heavy atom. The number of aryl methyl sites for hydroxylation is 2. The summed E-state index contributed by atoms with van der Waals surface area (Å²) in [6.07, 6.45) is -1.07. The lowest BCUT2D eigenvalue weighted by molar-refractivity contribution is -0.154. The Balaban J connectivity index is 1.62. The van der Waals surface area contributed by atoms with Crippen LogP contribution in [-0.2, 0) is 34.3 Å². The normalized spacial score (nSPS) is 11.8. The van der Waals surface area contributed by atoms with Crippen molar-refractivity contribution in [1.82, 2.24) is 15.1 Å². The van der Waals surface area contributed by atoms with E-state index in [1.54, 1.807) is 24.3 Å². The van der Waals surface area contributed by atoms with Crippen molar-refractivity contribution in [2.45, 2.75) is 32.9 Å². The first-order chi connectivity index (χ1) is 13.8. The molecule has 0 unspecified atom stereocenters. The van der Waals surface area contributed by atoms with Gasteiger partial charge in [-0.2, -0.15) is 5.10 Å². The van der Waals surface area contributed by atoms with E-state index < -0.39 is 12.1 Å². The van der Waals surface area contributed by atoms with E-state index in [1.807, 2.05) is 31.2 Å². The first-order valence-electron chi connectivity index (χ1n) is 9.33. The number of nitrogens with one attached hydrogen (secondary N) is 1. The van der Waals surface area contributed by atoms with Gasteiger partial charge in [0.25, 0.3) is 11.5 Å². The maximum atomic E-state index is 12.3. The molecule has 0 saturated carbocycles. The van der Waals surface area contributed by atoms with Gasteiger partial charge in [-0.15, -0.1) is 0 Å². The molecule has 1 amide bonds. The zero-order valence-corrected chi connectivity index (χ0v) is 16.6. The third-order valence-corrected chi connectivity index (χ3v) is 4.61. The summed E-state index contributed by atoms with van der Waals surface area (Å²) in [6, 6.07) is 14.8. The van der Waals surface area contributed by atoms with Gasteiger partial charge in [-0.1, -0.05) is 48.0 Å². The molecule has 7 heteroatoms. The molecule has 1 aromatic heterocycles. The third-order valence-electron chi connectivity index (χ3n) is 4.61. The molecule has 1 N–H and O–H groups in total. The van der Waals surface area contributed by atoms with Crippen LogP contribution in [-0.4, -0.2) is 27.8 Å². The highest BCUT2D eigenvalue weighted by Crippen LogP contribution is 2.14. The molecule has 0 spiro atoms. The number of nitrogens with zero attached hydrogens (tertiary/aromatic N) is 2. The van der Waals surface area contributed by atoms with Crippen molar-refractivity contribution in [1.29, 1.82) is 0 Å². The summed E-state index contributed by atoms with van der Waals surface area (Å²) in [5.74, 6) is -0.962. The number of rotatable bonds is 6. The Kier molecular flexibility index (Phi) is 6.07. The SMILES string of the molecule is Cc1ccc(CNC(=O)[C@@H](C)OC(=O)Cc2nn(C)c(=O)c3ccccc23)cc1. The molecule has 3 rings (SSSR count). The number of benzene rings is 2. The fourth-order valence-electron chi connectivity index (χ4n) is 2.97. The number of fused-ring (bicyclic) bond motifs is 1. The fourth-order valence-corrected chi connectivity index (χ4v) is 2.97. The number of ether oxygens (including phenoxy) is 1. The number of carbonyl (C=O) groups is 2. The summed E-state index contributed by atoms with van der Waals surface area (Å²) >= 11 is 0. The molecule has 2 aromatic carbocycles. The van der Waals surface area contributed by atoms with E-state index in [-0.39, 0.29) is 17.9 Å². The molecular weight excluding hydrogens is 370 g/mol. The van der Waals surface area contributed by atoms with Crippen molar-refractivity contribution in [3.63, 3.8) is 0 Å². The average molecular weight is 393 g/mol. The van der Waals surface area contributed by atoms with Crippen molar-refractivity contribution in [3.05, 3.63) is 75.7 Å². The summed E-state index contributed by atoms with van der Waals surface area (Å²) < 4.78 is 6.46. The quantitative estimate of drug-likeness (QED) is 0.647. The molecule has 1 atom stereocenters. The number of amides is 1. The number of carbonyl (C=O) groups excluding carboxylic acids is 2. The van der Waals surface area contributed by atoms with Crippen LogP contribution >= 0.6 is 0 Å². The van der Waals surface area contributed by atoms with Gasteiger partial charge in [-0.3, -0.25) is 14.4 Å². The van der Waals surface area contributed by atoms with E-state index in [9.17, 15) is 14.4 Å². The fraction of sp³-hybridized carbons (Fsp3) is 0.273. The summed E-state index contributed by atoms with van der Waals surface area (Å²) in [6.45, 7) is 3.87. The van der Waals surface area contributed by atoms with E-state index >= 15 is 0 Å². The summed E-state index contributed by atoms with van der Waals surface area (Å²) in [5, 5.41) is 8.02. The second-order valence-corrected chi connectivity index (χ2v) is 6.93. The average Bonchev–Trinajstić information content (AvgIpc) is 2.71. The Hall–Kier alpha value is -3.48. The Morgan fingerprint density at radius 3 is 2.45 bits per heavy atom. The highest BCUT2D eigenvalue weighted by atomic mass is 16.5. The number of hydrogen-bond donors (Lipinski definition) is 1. The minimum Gasteiger partial charge on any atom is -0.452 e. The Morgan fingerprint density at radius 1 is 1.10 bits per heavy atom. The van der Waals surface area contributed by atoms with Gasteiger partial charge in [0.15, 0.2) is 6.10 Å². The molecule has 0 aliphatic carbocycles. The molecule has 0 radical (unpaired) electrons. The summed E-state index contributed by atoms with van der Waals surface area (Å²) in [7, 11) is 1.53. The molecule has 0 aliphatic heterocycles. The highest BCUT2D eigenvalue weighted by molar-refractivity contribution is 5.88. The first-order valence-corrected chi connectivity index (χ1v) is 9.33. The van der Waals surface area contributed by atoms with Crippen molar-refractivity contribution in [2.75, 3.05) is 0 Å². The molecule has 0 aliphatic rings. The minimum absolute atomic E-state index is 0.135. The topological polar surface area (TPSA) is 90.3 Å². The third kappa shape index (κ3) is 4.87. The van der Waals surface area contributed by atoms with Crippen LogP contribution in [0, 0.1) is 6.92 Å². The molecule has 0 saturated heterocycles. The van der Waals surface area contributed by atoms with Crippen molar-refractivity contribution < 1.29 is 14.3 Å². The number of hydrogen-bond acceptors (Lipinski definition) is 5. The van der Waals surface area contributed by atoms with Crippen LogP contribution < -0.4 is 10.9 Å². The monoisotopic (exact) mass is 393 g/mol. The van der Waals surface area contributed by atoms with E-state index in [0.717, 1.165) is 11.1 Å². The lowest BCUT2D eigenvalue weighted by Gasteiger charge is -2.14. The lowest BCUT2D eigenvalue weighted by atomic mass is 10.1. The maximum Gasteiger partial charge on any atom is 0.312 e. The van der Waals surface area contributed by atoms with Gasteiger partial charge in [-0.25, -0.2) is 4.68 Å². The van der Waals surface area contributed by atoms with Crippen molar-refractivity contribution in [3.8, 4) is 0 Å². The molecular formula is C22H23N3O4. The van der Waals surface area contributed by atoms with Crippen LogP contribution in [0.5, 0.6) is 0 Å². The predicted octanol–water partition coefficient (Wildman–Crippen LogP) is 2.03. The van der Waals surface area contributed by atoms with Gasteiger partial charge in [0.1, 0.15) is 0 Å². The maximum absolute atomic E-state index is 12.3. The van der Waals surface area contributed by atoms with Crippen LogP contribution in [0.15, 0.2) is 53.3 Å². The van der Waals surface area contributed by atoms with Crippen LogP contribution in [0.25, 0.3) is 10.8 Å². The summed E-state index contributed by atoms with van der Waals surface area (Å²) in [5.41, 5.74) is 2.30. The molecule has 7 nitrogen and oxygen atoms in total.